The highest BCUT2D eigenvalue weighted by atomic mass is 16.5. The molecule has 0 aliphatic rings. The lowest BCUT2D eigenvalue weighted by atomic mass is 9.80. The van der Waals surface area contributed by atoms with Crippen LogP contribution in [0.3, 0.4) is 0 Å². The zero-order valence-corrected chi connectivity index (χ0v) is 14.8. The SMILES string of the molecule is [CH2][C@](C)(CCc1ccc(OCc2ccccc2)cc1)c1ccccc1. The summed E-state index contributed by atoms with van der Waals surface area (Å²) in [7, 11) is 0. The summed E-state index contributed by atoms with van der Waals surface area (Å²) in [5, 5.41) is 0. The molecule has 0 amide bonds. The Hall–Kier alpha value is -2.54. The molecule has 0 heterocycles. The fourth-order valence-electron chi connectivity index (χ4n) is 2.90. The summed E-state index contributed by atoms with van der Waals surface area (Å²) in [6.07, 6.45) is 2.02. The molecule has 3 aromatic carbocycles. The van der Waals surface area contributed by atoms with Gasteiger partial charge in [0.1, 0.15) is 12.4 Å². The molecule has 0 aliphatic carbocycles. The maximum atomic E-state index is 5.85. The van der Waals surface area contributed by atoms with E-state index >= 15 is 0 Å². The maximum absolute atomic E-state index is 5.85. The Balaban J connectivity index is 1.54. The molecule has 1 atom stereocenters. The summed E-state index contributed by atoms with van der Waals surface area (Å²) in [5.41, 5.74) is 3.72. The highest BCUT2D eigenvalue weighted by Gasteiger charge is 2.19. The predicted molar refractivity (Wildman–Crippen MR) is 105 cm³/mol. The lowest BCUT2D eigenvalue weighted by Gasteiger charge is -2.25. The number of aryl methyl sites for hydroxylation is 1. The van der Waals surface area contributed by atoms with Gasteiger partial charge in [0.25, 0.3) is 0 Å². The van der Waals surface area contributed by atoms with Crippen molar-refractivity contribution in [3.05, 3.63) is 109 Å². The normalized spacial score (nSPS) is 11.3. The molecule has 0 saturated carbocycles. The van der Waals surface area contributed by atoms with Crippen molar-refractivity contribution in [1.29, 1.82) is 0 Å². The van der Waals surface area contributed by atoms with Crippen molar-refractivity contribution in [3.63, 3.8) is 0 Å². The molecular formula is C24H25O. The molecule has 0 fully saturated rings. The summed E-state index contributed by atoms with van der Waals surface area (Å²) >= 11 is 0. The zero-order valence-electron chi connectivity index (χ0n) is 14.8. The third-order valence-electron chi connectivity index (χ3n) is 4.61. The van der Waals surface area contributed by atoms with Crippen LogP contribution in [0.15, 0.2) is 84.9 Å². The quantitative estimate of drug-likeness (QED) is 0.517. The van der Waals surface area contributed by atoms with Crippen LogP contribution < -0.4 is 4.74 Å². The van der Waals surface area contributed by atoms with Crippen molar-refractivity contribution in [1.82, 2.24) is 0 Å². The lowest BCUT2D eigenvalue weighted by molar-refractivity contribution is 0.306. The Morgan fingerprint density at radius 2 is 1.36 bits per heavy atom. The van der Waals surface area contributed by atoms with Crippen molar-refractivity contribution in [2.45, 2.75) is 31.8 Å². The van der Waals surface area contributed by atoms with Gasteiger partial charge in [-0.3, -0.25) is 0 Å². The molecule has 1 nitrogen and oxygen atoms in total. The highest BCUT2D eigenvalue weighted by Crippen LogP contribution is 2.28. The summed E-state index contributed by atoms with van der Waals surface area (Å²) in [6.45, 7) is 7.22. The number of ether oxygens (including phenoxy) is 1. The van der Waals surface area contributed by atoms with E-state index in [0.717, 1.165) is 18.6 Å². The van der Waals surface area contributed by atoms with Crippen LogP contribution in [0.5, 0.6) is 5.75 Å². The van der Waals surface area contributed by atoms with E-state index in [2.05, 4.69) is 74.5 Å². The molecule has 0 N–H and O–H groups in total. The van der Waals surface area contributed by atoms with E-state index in [9.17, 15) is 0 Å². The van der Waals surface area contributed by atoms with Gasteiger partial charge in [0.2, 0.25) is 0 Å². The van der Waals surface area contributed by atoms with Gasteiger partial charge in [-0.15, -0.1) is 0 Å². The van der Waals surface area contributed by atoms with Crippen molar-refractivity contribution in [2.75, 3.05) is 0 Å². The Labute approximate surface area is 151 Å². The first-order chi connectivity index (χ1) is 12.1. The van der Waals surface area contributed by atoms with Crippen LogP contribution in [-0.4, -0.2) is 0 Å². The Morgan fingerprint density at radius 1 is 0.760 bits per heavy atom. The molecule has 25 heavy (non-hydrogen) atoms. The summed E-state index contributed by atoms with van der Waals surface area (Å²) in [4.78, 5) is 0. The van der Waals surface area contributed by atoms with Crippen LogP contribution in [0.1, 0.15) is 30.0 Å². The average molecular weight is 329 g/mol. The summed E-state index contributed by atoms with van der Waals surface area (Å²) < 4.78 is 5.85. The largest absolute Gasteiger partial charge is 0.489 e. The first kappa shape index (κ1) is 17.3. The van der Waals surface area contributed by atoms with E-state index in [-0.39, 0.29) is 5.41 Å². The van der Waals surface area contributed by atoms with Gasteiger partial charge in [0, 0.05) is 0 Å². The van der Waals surface area contributed by atoms with E-state index in [4.69, 9.17) is 4.74 Å². The highest BCUT2D eigenvalue weighted by molar-refractivity contribution is 5.30. The fourth-order valence-corrected chi connectivity index (χ4v) is 2.90. The van der Waals surface area contributed by atoms with E-state index in [1.54, 1.807) is 0 Å². The monoisotopic (exact) mass is 329 g/mol. The van der Waals surface area contributed by atoms with Crippen molar-refractivity contribution in [3.8, 4) is 5.75 Å². The molecule has 0 aliphatic heterocycles. The number of rotatable bonds is 7. The molecule has 1 heteroatoms. The van der Waals surface area contributed by atoms with Crippen LogP contribution in [0.25, 0.3) is 0 Å². The molecule has 0 aromatic heterocycles. The second kappa shape index (κ2) is 8.02. The van der Waals surface area contributed by atoms with Gasteiger partial charge in [-0.2, -0.15) is 0 Å². The van der Waals surface area contributed by atoms with Gasteiger partial charge in [0.05, 0.1) is 0 Å². The topological polar surface area (TPSA) is 9.23 Å². The Morgan fingerprint density at radius 3 is 2.00 bits per heavy atom. The molecular weight excluding hydrogens is 304 g/mol. The van der Waals surface area contributed by atoms with Gasteiger partial charge in [-0.1, -0.05) is 79.7 Å². The van der Waals surface area contributed by atoms with Crippen molar-refractivity contribution < 1.29 is 4.74 Å². The minimum atomic E-state index is -0.0657. The molecule has 1 radical (unpaired) electrons. The Kier molecular flexibility index (Phi) is 5.55. The zero-order chi connectivity index (χ0) is 17.5. The molecule has 0 bridgehead atoms. The number of hydrogen-bond donors (Lipinski definition) is 0. The smallest absolute Gasteiger partial charge is 0.119 e. The summed E-state index contributed by atoms with van der Waals surface area (Å²) in [6, 6.07) is 29.2. The third kappa shape index (κ3) is 4.96. The fraction of sp³-hybridized carbons (Fsp3) is 0.208. The van der Waals surface area contributed by atoms with Gasteiger partial charge in [-0.05, 0) is 54.0 Å². The third-order valence-corrected chi connectivity index (χ3v) is 4.61. The summed E-state index contributed by atoms with van der Waals surface area (Å²) in [5.74, 6) is 0.910. The molecule has 0 saturated heterocycles. The minimum absolute atomic E-state index is 0.0657. The van der Waals surface area contributed by atoms with Crippen molar-refractivity contribution >= 4 is 0 Å². The molecule has 3 rings (SSSR count). The predicted octanol–water partition coefficient (Wildman–Crippen LogP) is 5.99. The molecule has 0 unspecified atom stereocenters. The standard InChI is InChI=1S/C24H25O/c1-24(2,22-11-7-4-8-12-22)18-17-20-13-15-23(16-14-20)25-19-21-9-5-3-6-10-21/h3-16H,1,17-19H2,2H3/t24-/m0/s1. The first-order valence-electron chi connectivity index (χ1n) is 8.80. The average Bonchev–Trinajstić information content (AvgIpc) is 2.67. The maximum Gasteiger partial charge on any atom is 0.119 e. The minimum Gasteiger partial charge on any atom is -0.489 e. The molecule has 0 spiro atoms. The van der Waals surface area contributed by atoms with Gasteiger partial charge >= 0.3 is 0 Å². The van der Waals surface area contributed by atoms with Gasteiger partial charge in [-0.25, -0.2) is 0 Å². The van der Waals surface area contributed by atoms with Crippen LogP contribution in [0.4, 0.5) is 0 Å². The molecule has 3 aromatic rings. The lowest BCUT2D eigenvalue weighted by Crippen LogP contribution is -2.18. The number of benzene rings is 3. The van der Waals surface area contributed by atoms with Gasteiger partial charge in [0.15, 0.2) is 0 Å². The number of hydrogen-bond acceptors (Lipinski definition) is 1. The molecule has 127 valence electrons. The Bertz CT molecular complexity index is 758. The van der Waals surface area contributed by atoms with Crippen LogP contribution >= 0.6 is 0 Å². The van der Waals surface area contributed by atoms with E-state index in [1.165, 1.54) is 16.7 Å². The van der Waals surface area contributed by atoms with Crippen LogP contribution in [0, 0.1) is 6.92 Å². The van der Waals surface area contributed by atoms with Crippen LogP contribution in [0.2, 0.25) is 0 Å². The van der Waals surface area contributed by atoms with E-state index in [1.807, 2.05) is 24.3 Å². The van der Waals surface area contributed by atoms with Gasteiger partial charge < -0.3 is 4.74 Å². The second-order valence-electron chi connectivity index (χ2n) is 6.84. The first-order valence-corrected chi connectivity index (χ1v) is 8.80. The second-order valence-corrected chi connectivity index (χ2v) is 6.84. The van der Waals surface area contributed by atoms with Crippen LogP contribution in [-0.2, 0) is 18.4 Å². The van der Waals surface area contributed by atoms with E-state index < -0.39 is 0 Å². The van der Waals surface area contributed by atoms with Crippen molar-refractivity contribution in [2.24, 2.45) is 0 Å². The van der Waals surface area contributed by atoms with E-state index in [0.29, 0.717) is 6.61 Å².